The number of esters is 1. The van der Waals surface area contributed by atoms with E-state index in [1.807, 2.05) is 0 Å². The summed E-state index contributed by atoms with van der Waals surface area (Å²) in [6.45, 7) is -1.34. The van der Waals surface area contributed by atoms with E-state index in [0.717, 1.165) is 12.8 Å². The average molecular weight is 613 g/mol. The zero-order valence-electron chi connectivity index (χ0n) is 22.7. The average Bonchev–Trinajstić information content (AvgIpc) is 3.78. The first-order chi connectivity index (χ1) is 19.8. The van der Waals surface area contributed by atoms with Gasteiger partial charge < -0.3 is 34.3 Å². The smallest absolute Gasteiger partial charge is 0.387 e. The fraction of sp³-hybridized carbons (Fsp3) is 0.414. The van der Waals surface area contributed by atoms with Crippen LogP contribution in [0.3, 0.4) is 0 Å². The van der Waals surface area contributed by atoms with Crippen LogP contribution in [-0.4, -0.2) is 53.1 Å². The van der Waals surface area contributed by atoms with Crippen molar-refractivity contribution in [2.45, 2.75) is 32.0 Å². The summed E-state index contributed by atoms with van der Waals surface area (Å²) in [7, 11) is 3.12. The predicted molar refractivity (Wildman–Crippen MR) is 152 cm³/mol. The summed E-state index contributed by atoms with van der Waals surface area (Å²) in [6.07, 6.45) is 2.89. The van der Waals surface area contributed by atoms with Crippen LogP contribution in [0.2, 0.25) is 0 Å². The lowest BCUT2D eigenvalue weighted by atomic mass is 9.99. The highest BCUT2D eigenvalue weighted by Gasteiger charge is 2.27. The number of methoxy groups -OCH3 is 2. The first kappa shape index (κ1) is 30.7. The summed E-state index contributed by atoms with van der Waals surface area (Å²) in [5.74, 6) is 0.331. The molecule has 222 valence electrons. The second-order valence-corrected chi connectivity index (χ2v) is 10.4. The number of alkyl halides is 2. The Morgan fingerprint density at radius 1 is 1.10 bits per heavy atom. The van der Waals surface area contributed by atoms with Gasteiger partial charge in [0.05, 0.1) is 43.2 Å². The first-order valence-corrected chi connectivity index (χ1v) is 13.8. The monoisotopic (exact) mass is 612 g/mol. The van der Waals surface area contributed by atoms with E-state index >= 15 is 0 Å². The molecule has 1 aliphatic carbocycles. The number of allylic oxidation sites excluding steroid dienone is 1. The third kappa shape index (κ3) is 8.64. The topological polar surface area (TPSA) is 87.3 Å². The van der Waals surface area contributed by atoms with Crippen molar-refractivity contribution in [2.24, 2.45) is 5.92 Å². The quantitative estimate of drug-likeness (QED) is 0.172. The van der Waals surface area contributed by atoms with E-state index in [1.165, 1.54) is 13.2 Å². The molecule has 0 unspecified atom stereocenters. The molecule has 0 amide bonds. The van der Waals surface area contributed by atoms with Crippen molar-refractivity contribution < 1.29 is 37.3 Å². The molecule has 2 aliphatic rings. The Labute approximate surface area is 247 Å². The molecule has 1 heterocycles. The minimum atomic E-state index is -3.03. The number of hydrogen-bond donors (Lipinski definition) is 2. The molecule has 0 saturated heterocycles. The Bertz CT molecular complexity index is 1290. The van der Waals surface area contributed by atoms with E-state index < -0.39 is 18.7 Å². The van der Waals surface area contributed by atoms with Crippen LogP contribution in [0, 0.1) is 5.92 Å². The fourth-order valence-corrected chi connectivity index (χ4v) is 4.73. The highest BCUT2D eigenvalue weighted by Crippen LogP contribution is 2.40. The molecule has 8 nitrogen and oxygen atoms in total. The third-order valence-electron chi connectivity index (χ3n) is 6.52. The highest BCUT2D eigenvalue weighted by atomic mass is 35.5. The fourth-order valence-electron chi connectivity index (χ4n) is 4.16. The zero-order chi connectivity index (χ0) is 29.4. The molecule has 2 N–H and O–H groups in total. The van der Waals surface area contributed by atoms with Crippen LogP contribution in [0.4, 0.5) is 14.5 Å². The molecule has 12 heteroatoms. The summed E-state index contributed by atoms with van der Waals surface area (Å²) >= 11 is 12.9. The summed E-state index contributed by atoms with van der Waals surface area (Å²) in [6, 6.07) is 9.36. The number of hydrogen-bond acceptors (Lipinski definition) is 8. The molecule has 1 saturated carbocycles. The number of carbonyl (C=O) groups excluding carboxylic acids is 1. The molecule has 2 aromatic carbocycles. The molecule has 0 spiro atoms. The maximum absolute atomic E-state index is 13.5. The van der Waals surface area contributed by atoms with Crippen molar-refractivity contribution in [2.75, 3.05) is 45.8 Å². The summed E-state index contributed by atoms with van der Waals surface area (Å²) in [5.41, 5.74) is 1.95. The maximum atomic E-state index is 13.5. The maximum Gasteiger partial charge on any atom is 0.387 e. The van der Waals surface area contributed by atoms with Crippen LogP contribution >= 0.6 is 23.2 Å². The molecule has 1 atom stereocenters. The Morgan fingerprint density at radius 3 is 2.56 bits per heavy atom. The number of nitrogens with one attached hydrogen (secondary N) is 2. The van der Waals surface area contributed by atoms with Crippen LogP contribution in [0.25, 0.3) is 0 Å². The van der Waals surface area contributed by atoms with E-state index in [2.05, 4.69) is 15.4 Å². The van der Waals surface area contributed by atoms with Crippen molar-refractivity contribution in [1.29, 1.82) is 0 Å². The third-order valence-corrected chi connectivity index (χ3v) is 7.22. The van der Waals surface area contributed by atoms with Gasteiger partial charge in [-0.3, -0.25) is 0 Å². The number of anilines is 1. The van der Waals surface area contributed by atoms with Crippen molar-refractivity contribution >= 4 is 34.9 Å². The lowest BCUT2D eigenvalue weighted by Crippen LogP contribution is -2.18. The van der Waals surface area contributed by atoms with Gasteiger partial charge in [0.1, 0.15) is 11.9 Å². The molecule has 2 aromatic rings. The second-order valence-electron chi connectivity index (χ2n) is 9.53. The molecule has 0 radical (unpaired) electrons. The Morgan fingerprint density at radius 2 is 1.88 bits per heavy atom. The van der Waals surface area contributed by atoms with Crippen molar-refractivity contribution in [3.05, 3.63) is 69.4 Å². The SMILES string of the molecule is COCCNc1cc(C(=O)O[C@@H](CC2=C(Cl)CNC=C2Cl)c2ccc(OC(F)F)c(OCC3CC3)c2)ccc1OC. The zero-order valence-corrected chi connectivity index (χ0v) is 24.2. The van der Waals surface area contributed by atoms with Gasteiger partial charge in [0.15, 0.2) is 11.5 Å². The van der Waals surface area contributed by atoms with Crippen LogP contribution in [0.5, 0.6) is 17.2 Å². The van der Waals surface area contributed by atoms with Crippen LogP contribution < -0.4 is 24.8 Å². The Hall–Kier alpha value is -3.21. The first-order valence-electron chi connectivity index (χ1n) is 13.1. The van der Waals surface area contributed by atoms with E-state index in [-0.39, 0.29) is 23.5 Å². The van der Waals surface area contributed by atoms with Gasteiger partial charge in [0.25, 0.3) is 0 Å². The van der Waals surface area contributed by atoms with Crippen molar-refractivity contribution in [3.63, 3.8) is 0 Å². The largest absolute Gasteiger partial charge is 0.495 e. The van der Waals surface area contributed by atoms with Crippen molar-refractivity contribution in [1.82, 2.24) is 5.32 Å². The minimum Gasteiger partial charge on any atom is -0.495 e. The molecule has 1 fully saturated rings. The van der Waals surface area contributed by atoms with Gasteiger partial charge in [0, 0.05) is 31.3 Å². The minimum absolute atomic E-state index is 0.103. The molecule has 4 rings (SSSR count). The number of halogens is 4. The summed E-state index contributed by atoms with van der Waals surface area (Å²) in [5, 5.41) is 6.99. The van der Waals surface area contributed by atoms with E-state index in [9.17, 15) is 13.6 Å². The molecule has 0 bridgehead atoms. The van der Waals surface area contributed by atoms with Crippen LogP contribution in [-0.2, 0) is 9.47 Å². The standard InChI is InChI=1S/C29H32Cl2F2N2O6/c1-37-10-9-35-23-11-19(6-7-24(23)38-2)28(36)40-26(13-20-21(30)14-34-15-22(20)31)18-5-8-25(41-29(32)33)27(12-18)39-16-17-3-4-17/h5-8,11-12,14,17,26,29,34-35H,3-4,9-10,13,15-16H2,1-2H3/t26-/m0/s1. The number of carbonyl (C=O) groups is 1. The van der Waals surface area contributed by atoms with Gasteiger partial charge in [0.2, 0.25) is 0 Å². The van der Waals surface area contributed by atoms with Crippen LogP contribution in [0.15, 0.2) is 58.2 Å². The molecule has 1 aliphatic heterocycles. The van der Waals surface area contributed by atoms with Gasteiger partial charge in [-0.25, -0.2) is 4.79 Å². The van der Waals surface area contributed by atoms with Crippen LogP contribution in [0.1, 0.15) is 41.3 Å². The van der Waals surface area contributed by atoms with E-state index in [0.29, 0.717) is 64.9 Å². The highest BCUT2D eigenvalue weighted by molar-refractivity contribution is 6.36. The normalized spacial score (nSPS) is 15.6. The van der Waals surface area contributed by atoms with Gasteiger partial charge in [-0.05, 0) is 60.2 Å². The molecule has 41 heavy (non-hydrogen) atoms. The Kier molecular flexibility index (Phi) is 11.0. The Balaban J connectivity index is 1.65. The second kappa shape index (κ2) is 14.6. The molecule has 0 aromatic heterocycles. The lowest BCUT2D eigenvalue weighted by Gasteiger charge is -2.24. The van der Waals surface area contributed by atoms with E-state index in [1.54, 1.807) is 43.6 Å². The van der Waals surface area contributed by atoms with Gasteiger partial charge in [-0.15, -0.1) is 0 Å². The predicted octanol–water partition coefficient (Wildman–Crippen LogP) is 6.61. The van der Waals surface area contributed by atoms with Gasteiger partial charge in [-0.2, -0.15) is 8.78 Å². The number of rotatable bonds is 15. The number of dihydropyridines is 1. The lowest BCUT2D eigenvalue weighted by molar-refractivity contribution is -0.0515. The summed E-state index contributed by atoms with van der Waals surface area (Å²) < 4.78 is 53.2. The van der Waals surface area contributed by atoms with E-state index in [4.69, 9.17) is 42.1 Å². The number of benzene rings is 2. The molecular weight excluding hydrogens is 581 g/mol. The van der Waals surface area contributed by atoms with Gasteiger partial charge >= 0.3 is 12.6 Å². The van der Waals surface area contributed by atoms with Crippen molar-refractivity contribution in [3.8, 4) is 17.2 Å². The number of ether oxygens (including phenoxy) is 5. The molecular formula is C29H32Cl2F2N2O6. The van der Waals surface area contributed by atoms with Gasteiger partial charge in [-0.1, -0.05) is 29.3 Å². The summed E-state index contributed by atoms with van der Waals surface area (Å²) in [4.78, 5) is 13.5.